The van der Waals surface area contributed by atoms with Crippen molar-refractivity contribution >= 4 is 22.5 Å². The van der Waals surface area contributed by atoms with Gasteiger partial charge in [-0.25, -0.2) is 4.39 Å². The minimum Gasteiger partial charge on any atom is -0.351 e. The number of halogens is 1. The first-order chi connectivity index (χ1) is 15.1. The normalized spacial score (nSPS) is 16.6. The first-order valence-corrected chi connectivity index (χ1v) is 10.6. The van der Waals surface area contributed by atoms with E-state index >= 15 is 0 Å². The van der Waals surface area contributed by atoms with Crippen molar-refractivity contribution < 1.29 is 9.18 Å². The lowest BCUT2D eigenvalue weighted by Crippen LogP contribution is -2.19. The number of fused-ring (bicyclic) bond motifs is 1. The summed E-state index contributed by atoms with van der Waals surface area (Å²) < 4.78 is 13.4. The van der Waals surface area contributed by atoms with Gasteiger partial charge in [0.05, 0.1) is 0 Å². The number of rotatable bonds is 5. The Kier molecular flexibility index (Phi) is 5.26. The fourth-order valence-electron chi connectivity index (χ4n) is 4.38. The molecule has 1 unspecified atom stereocenters. The van der Waals surface area contributed by atoms with Gasteiger partial charge in [-0.2, -0.15) is 0 Å². The summed E-state index contributed by atoms with van der Waals surface area (Å²) in [6.07, 6.45) is 1.13. The molecule has 5 rings (SSSR count). The molecule has 156 valence electrons. The van der Waals surface area contributed by atoms with Crippen LogP contribution in [0.5, 0.6) is 0 Å². The lowest BCUT2D eigenvalue weighted by atomic mass is 9.97. The third-order valence-electron chi connectivity index (χ3n) is 5.96. The van der Waals surface area contributed by atoms with Gasteiger partial charge in [0.15, 0.2) is 0 Å². The average Bonchev–Trinajstić information content (AvgIpc) is 3.41. The summed E-state index contributed by atoms with van der Waals surface area (Å²) in [5.74, 6) is -0.164. The van der Waals surface area contributed by atoms with Crippen LogP contribution in [0.1, 0.15) is 34.0 Å². The largest absolute Gasteiger partial charge is 0.351 e. The highest BCUT2D eigenvalue weighted by molar-refractivity contribution is 6.06. The molecule has 1 amide bonds. The number of anilines is 1. The zero-order valence-corrected chi connectivity index (χ0v) is 17.1. The van der Waals surface area contributed by atoms with E-state index in [4.69, 9.17) is 0 Å². The van der Waals surface area contributed by atoms with Crippen molar-refractivity contribution in [2.75, 3.05) is 18.4 Å². The Labute approximate surface area is 180 Å². The molecule has 1 fully saturated rings. The van der Waals surface area contributed by atoms with E-state index in [-0.39, 0.29) is 11.7 Å². The number of carbonyl (C=O) groups is 1. The Morgan fingerprint density at radius 1 is 1.03 bits per heavy atom. The van der Waals surface area contributed by atoms with E-state index in [1.807, 2.05) is 12.1 Å². The lowest BCUT2D eigenvalue weighted by Gasteiger charge is -2.16. The molecule has 2 N–H and O–H groups in total. The Hall–Kier alpha value is -3.44. The predicted molar refractivity (Wildman–Crippen MR) is 122 cm³/mol. The van der Waals surface area contributed by atoms with Crippen LogP contribution in [0.4, 0.5) is 10.1 Å². The van der Waals surface area contributed by atoms with Gasteiger partial charge in [-0.3, -0.25) is 9.69 Å². The van der Waals surface area contributed by atoms with Gasteiger partial charge < -0.3 is 10.3 Å². The standard InChI is InChI=1S/C26H24FN3O/c27-22-7-4-8-23(15-22)28-26(31)25-14-21-13-19(9-10-24(21)29-25)20-11-12-30(17-20)16-18-5-2-1-3-6-18/h1-10,13-15,20,29H,11-12,16-17H2,(H,28,31). The molecule has 2 heterocycles. The quantitative estimate of drug-likeness (QED) is 0.451. The molecule has 4 nitrogen and oxygen atoms in total. The van der Waals surface area contributed by atoms with Crippen LogP contribution in [0.15, 0.2) is 78.9 Å². The number of benzene rings is 3. The number of nitrogens with zero attached hydrogens (tertiary/aromatic N) is 1. The van der Waals surface area contributed by atoms with E-state index in [0.717, 1.165) is 37.0 Å². The van der Waals surface area contributed by atoms with Crippen LogP contribution in [0, 0.1) is 5.82 Å². The summed E-state index contributed by atoms with van der Waals surface area (Å²) >= 11 is 0. The molecule has 1 atom stereocenters. The summed E-state index contributed by atoms with van der Waals surface area (Å²) in [4.78, 5) is 18.3. The molecule has 1 aliphatic heterocycles. The number of nitrogens with one attached hydrogen (secondary N) is 2. The molecule has 4 aromatic rings. The van der Waals surface area contributed by atoms with Crippen molar-refractivity contribution in [2.45, 2.75) is 18.9 Å². The number of likely N-dealkylation sites (tertiary alicyclic amines) is 1. The van der Waals surface area contributed by atoms with Crippen molar-refractivity contribution in [1.82, 2.24) is 9.88 Å². The maximum atomic E-state index is 13.4. The second-order valence-corrected chi connectivity index (χ2v) is 8.20. The lowest BCUT2D eigenvalue weighted by molar-refractivity contribution is 0.102. The molecule has 5 heteroatoms. The highest BCUT2D eigenvalue weighted by Gasteiger charge is 2.24. The van der Waals surface area contributed by atoms with Gasteiger partial charge >= 0.3 is 0 Å². The maximum absolute atomic E-state index is 13.4. The van der Waals surface area contributed by atoms with Crippen LogP contribution in [0.25, 0.3) is 10.9 Å². The summed E-state index contributed by atoms with van der Waals surface area (Å²) in [6.45, 7) is 3.11. The number of carbonyl (C=O) groups excluding carboxylic acids is 1. The molecule has 3 aromatic carbocycles. The fraction of sp³-hybridized carbons (Fsp3) is 0.192. The van der Waals surface area contributed by atoms with E-state index in [1.54, 1.807) is 12.1 Å². The second-order valence-electron chi connectivity index (χ2n) is 8.20. The van der Waals surface area contributed by atoms with Gasteiger partial charge in [0.1, 0.15) is 11.5 Å². The number of aromatic amines is 1. The molecule has 0 aliphatic carbocycles. The average molecular weight is 413 g/mol. The van der Waals surface area contributed by atoms with E-state index in [0.29, 0.717) is 17.3 Å². The molecule has 0 spiro atoms. The van der Waals surface area contributed by atoms with E-state index < -0.39 is 0 Å². The minimum absolute atomic E-state index is 0.279. The third kappa shape index (κ3) is 4.37. The number of amides is 1. The van der Waals surface area contributed by atoms with Crippen LogP contribution >= 0.6 is 0 Å². The summed E-state index contributed by atoms with van der Waals surface area (Å²) in [5.41, 5.74) is 4.48. The number of aromatic nitrogens is 1. The number of hydrogen-bond acceptors (Lipinski definition) is 2. The Balaban J connectivity index is 1.29. The van der Waals surface area contributed by atoms with Crippen molar-refractivity contribution in [2.24, 2.45) is 0 Å². The Morgan fingerprint density at radius 2 is 1.90 bits per heavy atom. The van der Waals surface area contributed by atoms with Crippen LogP contribution in [0.3, 0.4) is 0 Å². The fourth-order valence-corrected chi connectivity index (χ4v) is 4.38. The second kappa shape index (κ2) is 8.36. The maximum Gasteiger partial charge on any atom is 0.272 e. The monoisotopic (exact) mass is 413 g/mol. The van der Waals surface area contributed by atoms with E-state index in [9.17, 15) is 9.18 Å². The molecule has 1 aliphatic rings. The van der Waals surface area contributed by atoms with Gasteiger partial charge in [-0.05, 0) is 66.4 Å². The molecule has 1 saturated heterocycles. The highest BCUT2D eigenvalue weighted by atomic mass is 19.1. The number of H-pyrrole nitrogens is 1. The smallest absolute Gasteiger partial charge is 0.272 e. The topological polar surface area (TPSA) is 48.1 Å². The molecular weight excluding hydrogens is 389 g/mol. The van der Waals surface area contributed by atoms with Crippen molar-refractivity contribution in [3.63, 3.8) is 0 Å². The summed E-state index contributed by atoms with van der Waals surface area (Å²) in [6, 6.07) is 24.7. The molecule has 1 aromatic heterocycles. The number of hydrogen-bond donors (Lipinski definition) is 2. The summed E-state index contributed by atoms with van der Waals surface area (Å²) in [7, 11) is 0. The predicted octanol–water partition coefficient (Wildman–Crippen LogP) is 5.55. The van der Waals surface area contributed by atoms with Crippen LogP contribution in [0.2, 0.25) is 0 Å². The van der Waals surface area contributed by atoms with Crippen LogP contribution in [-0.2, 0) is 6.54 Å². The van der Waals surface area contributed by atoms with Crippen molar-refractivity contribution in [1.29, 1.82) is 0 Å². The Morgan fingerprint density at radius 3 is 2.74 bits per heavy atom. The van der Waals surface area contributed by atoms with Crippen LogP contribution in [-0.4, -0.2) is 28.9 Å². The molecule has 31 heavy (non-hydrogen) atoms. The van der Waals surface area contributed by atoms with Crippen LogP contribution < -0.4 is 5.32 Å². The van der Waals surface area contributed by atoms with Gasteiger partial charge in [0.25, 0.3) is 5.91 Å². The molecule has 0 bridgehead atoms. The van der Waals surface area contributed by atoms with Gasteiger partial charge in [-0.1, -0.05) is 42.5 Å². The SMILES string of the molecule is O=C(Nc1cccc(F)c1)c1cc2cc(C3CCN(Cc4ccccc4)C3)ccc2[nH]1. The minimum atomic E-state index is -0.378. The Bertz CT molecular complexity index is 1220. The highest BCUT2D eigenvalue weighted by Crippen LogP contribution is 2.30. The first-order valence-electron chi connectivity index (χ1n) is 10.6. The van der Waals surface area contributed by atoms with Crippen molar-refractivity contribution in [3.05, 3.63) is 102 Å². The van der Waals surface area contributed by atoms with E-state index in [1.165, 1.54) is 23.3 Å². The zero-order chi connectivity index (χ0) is 21.2. The van der Waals surface area contributed by atoms with Gasteiger partial charge in [0.2, 0.25) is 0 Å². The zero-order valence-electron chi connectivity index (χ0n) is 17.1. The first kappa shape index (κ1) is 19.5. The van der Waals surface area contributed by atoms with Crippen molar-refractivity contribution in [3.8, 4) is 0 Å². The molecule has 0 radical (unpaired) electrons. The third-order valence-corrected chi connectivity index (χ3v) is 5.96. The van der Waals surface area contributed by atoms with Gasteiger partial charge in [-0.15, -0.1) is 0 Å². The van der Waals surface area contributed by atoms with E-state index in [2.05, 4.69) is 57.7 Å². The molecule has 0 saturated carbocycles. The molecular formula is C26H24FN3O. The summed E-state index contributed by atoms with van der Waals surface area (Å²) in [5, 5.41) is 3.76. The van der Waals surface area contributed by atoms with Gasteiger partial charge in [0, 0.05) is 29.7 Å².